The second-order valence-electron chi connectivity index (χ2n) is 8.68. The molecule has 0 unspecified atom stereocenters. The van der Waals surface area contributed by atoms with Crippen LogP contribution >= 0.6 is 11.6 Å². The lowest BCUT2D eigenvalue weighted by molar-refractivity contribution is -0.118. The van der Waals surface area contributed by atoms with Crippen molar-refractivity contribution >= 4 is 38.9 Å². The van der Waals surface area contributed by atoms with Crippen LogP contribution in [0.1, 0.15) is 12.0 Å². The fourth-order valence-electron chi connectivity index (χ4n) is 4.21. The molecule has 0 saturated carbocycles. The molecule has 5 rings (SSSR count). The van der Waals surface area contributed by atoms with Crippen LogP contribution in [-0.4, -0.2) is 27.5 Å². The van der Waals surface area contributed by atoms with Crippen LogP contribution in [0.5, 0.6) is 17.2 Å². The smallest absolute Gasteiger partial charge is 0.264 e. The summed E-state index contributed by atoms with van der Waals surface area (Å²) in [6.07, 6.45) is 1.58. The van der Waals surface area contributed by atoms with Crippen molar-refractivity contribution in [2.24, 2.45) is 0 Å². The van der Waals surface area contributed by atoms with Crippen LogP contribution in [0.4, 0.5) is 11.4 Å². The highest BCUT2D eigenvalue weighted by atomic mass is 35.5. The number of fused-ring (bicyclic) bond motifs is 1. The van der Waals surface area contributed by atoms with Crippen LogP contribution < -0.4 is 19.1 Å². The molecule has 9 heteroatoms. The van der Waals surface area contributed by atoms with Gasteiger partial charge in [-0.2, -0.15) is 0 Å². The number of hydrogen-bond acceptors (Lipinski definition) is 5. The zero-order chi connectivity index (χ0) is 26.5. The summed E-state index contributed by atoms with van der Waals surface area (Å²) in [4.78, 5) is 12.5. The third-order valence-corrected chi connectivity index (χ3v) is 8.14. The Morgan fingerprint density at radius 2 is 1.61 bits per heavy atom. The molecule has 0 fully saturated rings. The Kier molecular flexibility index (Phi) is 7.53. The molecule has 194 valence electrons. The number of benzene rings is 4. The summed E-state index contributed by atoms with van der Waals surface area (Å²) in [5, 5.41) is 2.85. The zero-order valence-electron chi connectivity index (χ0n) is 20.3. The predicted molar refractivity (Wildman–Crippen MR) is 148 cm³/mol. The highest BCUT2D eigenvalue weighted by molar-refractivity contribution is 7.92. The van der Waals surface area contributed by atoms with Gasteiger partial charge in [0.1, 0.15) is 17.2 Å². The molecule has 1 amide bonds. The summed E-state index contributed by atoms with van der Waals surface area (Å²) in [5.41, 5.74) is 2.26. The number of ether oxygens (including phenoxy) is 2. The monoisotopic (exact) mass is 548 g/mol. The summed E-state index contributed by atoms with van der Waals surface area (Å²) in [6, 6.07) is 28.1. The molecule has 1 aliphatic rings. The lowest BCUT2D eigenvalue weighted by Gasteiger charge is -2.30. The first kappa shape index (κ1) is 25.6. The number of hydrogen-bond donors (Lipinski definition) is 1. The summed E-state index contributed by atoms with van der Waals surface area (Å²) in [5.74, 6) is 1.18. The molecule has 0 aliphatic carbocycles. The Hall–Kier alpha value is -4.01. The van der Waals surface area contributed by atoms with Crippen molar-refractivity contribution < 1.29 is 22.7 Å². The first-order chi connectivity index (χ1) is 18.4. The summed E-state index contributed by atoms with van der Waals surface area (Å²) in [7, 11) is -3.81. The van der Waals surface area contributed by atoms with E-state index in [-0.39, 0.29) is 28.2 Å². The molecule has 0 bridgehead atoms. The van der Waals surface area contributed by atoms with Crippen LogP contribution in [0, 0.1) is 0 Å². The molecule has 38 heavy (non-hydrogen) atoms. The van der Waals surface area contributed by atoms with Gasteiger partial charge in [0, 0.05) is 12.2 Å². The second kappa shape index (κ2) is 11.2. The van der Waals surface area contributed by atoms with E-state index in [1.54, 1.807) is 24.3 Å². The topological polar surface area (TPSA) is 84.9 Å². The summed E-state index contributed by atoms with van der Waals surface area (Å²) >= 11 is 6.35. The molecule has 0 saturated heterocycles. The van der Waals surface area contributed by atoms with E-state index in [0.29, 0.717) is 29.4 Å². The normalized spacial score (nSPS) is 12.9. The molecule has 1 aliphatic heterocycles. The Morgan fingerprint density at radius 3 is 2.37 bits per heavy atom. The number of anilines is 2. The number of amides is 1. The first-order valence-electron chi connectivity index (χ1n) is 12.1. The van der Waals surface area contributed by atoms with Gasteiger partial charge in [-0.3, -0.25) is 9.10 Å². The van der Waals surface area contributed by atoms with Gasteiger partial charge in [0.05, 0.1) is 15.6 Å². The molecular weight excluding hydrogens is 524 g/mol. The van der Waals surface area contributed by atoms with E-state index in [4.69, 9.17) is 21.1 Å². The number of nitrogens with zero attached hydrogens (tertiary/aromatic N) is 1. The van der Waals surface area contributed by atoms with Gasteiger partial charge in [-0.25, -0.2) is 8.42 Å². The summed E-state index contributed by atoms with van der Waals surface area (Å²) in [6.45, 7) is 0.0995. The molecule has 0 atom stereocenters. The molecule has 4 aromatic carbocycles. The fraction of sp³-hybridized carbons (Fsp3) is 0.138. The van der Waals surface area contributed by atoms with Gasteiger partial charge in [-0.1, -0.05) is 48.0 Å². The van der Waals surface area contributed by atoms with Crippen molar-refractivity contribution in [2.45, 2.75) is 17.7 Å². The molecule has 0 spiro atoms. The number of halogens is 1. The van der Waals surface area contributed by atoms with E-state index in [0.717, 1.165) is 18.4 Å². The first-order valence-corrected chi connectivity index (χ1v) is 13.9. The van der Waals surface area contributed by atoms with Crippen molar-refractivity contribution in [2.75, 3.05) is 22.8 Å². The maximum Gasteiger partial charge on any atom is 0.264 e. The largest absolute Gasteiger partial charge is 0.482 e. The van der Waals surface area contributed by atoms with E-state index < -0.39 is 10.0 Å². The Balaban J connectivity index is 1.19. The fourth-order valence-corrected chi connectivity index (χ4v) is 6.07. The van der Waals surface area contributed by atoms with E-state index >= 15 is 0 Å². The lowest BCUT2D eigenvalue weighted by atomic mass is 10.0. The number of nitrogens with one attached hydrogen (secondary N) is 1. The third kappa shape index (κ3) is 5.77. The molecule has 1 heterocycles. The third-order valence-electron chi connectivity index (χ3n) is 6.03. The number of rotatable bonds is 8. The minimum absolute atomic E-state index is 0.0637. The number of aryl methyl sites for hydroxylation is 1. The molecule has 4 aromatic rings. The van der Waals surface area contributed by atoms with Crippen LogP contribution in [0.25, 0.3) is 0 Å². The number of para-hydroxylation sites is 2. The average Bonchev–Trinajstić information content (AvgIpc) is 2.93. The van der Waals surface area contributed by atoms with E-state index in [9.17, 15) is 13.2 Å². The van der Waals surface area contributed by atoms with Crippen molar-refractivity contribution in [3.63, 3.8) is 0 Å². The van der Waals surface area contributed by atoms with Gasteiger partial charge < -0.3 is 14.8 Å². The standard InChI is InChI=1S/C29H25ClN2O5S/c30-26-19-25(38(34,35)32-18-6-8-21-7-4-5-11-27(21)32)16-17-28(26)36-20-29(33)31-22-12-14-24(15-13-22)37-23-9-2-1-3-10-23/h1-5,7,9-17,19H,6,8,18,20H2,(H,31,33). The van der Waals surface area contributed by atoms with Crippen LogP contribution in [0.3, 0.4) is 0 Å². The Morgan fingerprint density at radius 1 is 0.895 bits per heavy atom. The SMILES string of the molecule is O=C(COc1ccc(S(=O)(=O)N2CCCc3ccccc32)cc1Cl)Nc1ccc(Oc2ccccc2)cc1. The molecule has 0 aromatic heterocycles. The van der Waals surface area contributed by atoms with Crippen molar-refractivity contribution in [3.8, 4) is 17.2 Å². The molecule has 7 nitrogen and oxygen atoms in total. The number of sulfonamides is 1. The van der Waals surface area contributed by atoms with Gasteiger partial charge in [0.2, 0.25) is 0 Å². The van der Waals surface area contributed by atoms with Crippen molar-refractivity contribution in [1.82, 2.24) is 0 Å². The van der Waals surface area contributed by atoms with Gasteiger partial charge in [-0.15, -0.1) is 0 Å². The van der Waals surface area contributed by atoms with E-state index in [2.05, 4.69) is 5.32 Å². The Labute approximate surface area is 226 Å². The molecule has 1 N–H and O–H groups in total. The zero-order valence-corrected chi connectivity index (χ0v) is 21.9. The quantitative estimate of drug-likeness (QED) is 0.280. The van der Waals surface area contributed by atoms with Crippen LogP contribution in [0.2, 0.25) is 5.02 Å². The van der Waals surface area contributed by atoms with Gasteiger partial charge >= 0.3 is 0 Å². The van der Waals surface area contributed by atoms with Gasteiger partial charge in [0.15, 0.2) is 6.61 Å². The number of carbonyl (C=O) groups excluding carboxylic acids is 1. The minimum atomic E-state index is -3.81. The van der Waals surface area contributed by atoms with Crippen molar-refractivity contribution in [3.05, 3.63) is 108 Å². The van der Waals surface area contributed by atoms with Crippen LogP contribution in [0.15, 0.2) is 102 Å². The second-order valence-corrected chi connectivity index (χ2v) is 10.9. The lowest BCUT2D eigenvalue weighted by Crippen LogP contribution is -2.35. The van der Waals surface area contributed by atoms with Crippen LogP contribution in [-0.2, 0) is 21.2 Å². The highest BCUT2D eigenvalue weighted by Crippen LogP contribution is 2.34. The maximum absolute atomic E-state index is 13.4. The van der Waals surface area contributed by atoms with Gasteiger partial charge in [0.25, 0.3) is 15.9 Å². The average molecular weight is 549 g/mol. The maximum atomic E-state index is 13.4. The predicted octanol–water partition coefficient (Wildman–Crippen LogP) is 6.29. The van der Waals surface area contributed by atoms with Crippen molar-refractivity contribution in [1.29, 1.82) is 0 Å². The summed E-state index contributed by atoms with van der Waals surface area (Å²) < 4.78 is 39.5. The Bertz CT molecular complexity index is 1540. The van der Waals surface area contributed by atoms with Gasteiger partial charge in [-0.05, 0) is 79.1 Å². The molecular formula is C29H25ClN2O5S. The van der Waals surface area contributed by atoms with E-state index in [1.165, 1.54) is 22.5 Å². The number of carbonyl (C=O) groups is 1. The molecule has 0 radical (unpaired) electrons. The highest BCUT2D eigenvalue weighted by Gasteiger charge is 2.29. The van der Waals surface area contributed by atoms with E-state index in [1.807, 2.05) is 54.6 Å². The minimum Gasteiger partial charge on any atom is -0.482 e.